The molecule has 0 aliphatic carbocycles. The Labute approximate surface area is 147 Å². The summed E-state index contributed by atoms with van der Waals surface area (Å²) < 4.78 is 12.3. The lowest BCUT2D eigenvalue weighted by atomic mass is 9.87. The van der Waals surface area contributed by atoms with E-state index in [9.17, 15) is 35.1 Å². The summed E-state index contributed by atoms with van der Waals surface area (Å²) in [5.41, 5.74) is -3.36. The van der Waals surface area contributed by atoms with E-state index in [-0.39, 0.29) is 6.42 Å². The van der Waals surface area contributed by atoms with Crippen LogP contribution in [0.2, 0.25) is 0 Å². The summed E-state index contributed by atoms with van der Waals surface area (Å²) in [6.45, 7) is 0.898. The number of hydrogen-bond acceptors (Lipinski definition) is 9. The van der Waals surface area contributed by atoms with Crippen LogP contribution in [0.4, 0.5) is 0 Å². The number of aliphatic hydroxyl groups is 5. The van der Waals surface area contributed by atoms with Crippen molar-refractivity contribution in [1.82, 2.24) is 9.55 Å². The van der Waals surface area contributed by atoms with Gasteiger partial charge in [-0.15, -0.1) is 0 Å². The van der Waals surface area contributed by atoms with Crippen molar-refractivity contribution in [3.8, 4) is 0 Å². The molecular formula is C15H22N2O9. The van der Waals surface area contributed by atoms with E-state index >= 15 is 0 Å². The highest BCUT2D eigenvalue weighted by Crippen LogP contribution is 2.42. The molecule has 0 saturated carbocycles. The lowest BCUT2D eigenvalue weighted by Gasteiger charge is -2.47. The molecule has 3 rings (SSSR count). The third-order valence-corrected chi connectivity index (χ3v) is 4.99. The van der Waals surface area contributed by atoms with Gasteiger partial charge in [0.25, 0.3) is 5.56 Å². The molecule has 0 spiro atoms. The molecule has 11 nitrogen and oxygen atoms in total. The lowest BCUT2D eigenvalue weighted by Crippen LogP contribution is -2.65. The maximum atomic E-state index is 12.3. The van der Waals surface area contributed by atoms with Crippen molar-refractivity contribution in [2.75, 3.05) is 6.61 Å². The van der Waals surface area contributed by atoms with Crippen molar-refractivity contribution >= 4 is 0 Å². The summed E-state index contributed by atoms with van der Waals surface area (Å²) in [6, 6.07) is 1.05. The van der Waals surface area contributed by atoms with E-state index in [0.29, 0.717) is 0 Å². The molecule has 8 atom stereocenters. The highest BCUT2D eigenvalue weighted by Gasteiger charge is 2.59. The molecule has 0 bridgehead atoms. The Morgan fingerprint density at radius 1 is 1.23 bits per heavy atom. The van der Waals surface area contributed by atoms with Crippen LogP contribution in [0.25, 0.3) is 0 Å². The average molecular weight is 374 g/mol. The number of nitrogens with one attached hydrogen (secondary N) is 1. The van der Waals surface area contributed by atoms with Gasteiger partial charge >= 0.3 is 5.69 Å². The van der Waals surface area contributed by atoms with E-state index in [2.05, 4.69) is 4.98 Å². The second kappa shape index (κ2) is 6.85. The molecule has 2 aliphatic rings. The van der Waals surface area contributed by atoms with Gasteiger partial charge in [0.05, 0.1) is 18.8 Å². The first kappa shape index (κ1) is 19.2. The van der Waals surface area contributed by atoms with Crippen LogP contribution in [0, 0.1) is 0 Å². The second-order valence-electron chi connectivity index (χ2n) is 6.67. The van der Waals surface area contributed by atoms with Gasteiger partial charge in [0, 0.05) is 18.7 Å². The SMILES string of the molecule is C[C@@H]1OC([C@]2(n3ccc(=O)[nH]c3=O)C[C@H](O)[C@@H](CO)O2)[C@@H](O)[C@H](O)[C@@H]1O. The standard InChI is InChI=1S/C15H22N2O9/c1-6-10(21)11(22)12(23)13(25-6)15(4-7(19)8(5-18)26-15)17-3-2-9(20)16-14(17)24/h2-3,6-8,10-13,18-19,21-23H,4-5H2,1H3,(H,16,20,24)/t6-,7-,8+,10+,11+,12-,13?,15-/m0/s1. The second-order valence-corrected chi connectivity index (χ2v) is 6.67. The molecule has 0 amide bonds. The van der Waals surface area contributed by atoms with Gasteiger partial charge in [-0.2, -0.15) is 0 Å². The van der Waals surface area contributed by atoms with Crippen molar-refractivity contribution in [2.24, 2.45) is 0 Å². The van der Waals surface area contributed by atoms with Gasteiger partial charge in [-0.25, -0.2) is 4.79 Å². The molecular weight excluding hydrogens is 352 g/mol. The molecule has 26 heavy (non-hydrogen) atoms. The van der Waals surface area contributed by atoms with Crippen LogP contribution >= 0.6 is 0 Å². The zero-order valence-electron chi connectivity index (χ0n) is 13.9. The van der Waals surface area contributed by atoms with Gasteiger partial charge in [-0.3, -0.25) is 14.3 Å². The summed E-state index contributed by atoms with van der Waals surface area (Å²) in [4.78, 5) is 25.8. The molecule has 146 valence electrons. The normalized spacial score (nSPS) is 43.5. The van der Waals surface area contributed by atoms with E-state index in [0.717, 1.165) is 16.8 Å². The number of ether oxygens (including phenoxy) is 2. The molecule has 2 saturated heterocycles. The first-order valence-corrected chi connectivity index (χ1v) is 8.20. The summed E-state index contributed by atoms with van der Waals surface area (Å²) in [7, 11) is 0. The number of nitrogens with zero attached hydrogens (tertiary/aromatic N) is 1. The van der Waals surface area contributed by atoms with Crippen molar-refractivity contribution in [1.29, 1.82) is 0 Å². The van der Waals surface area contributed by atoms with Crippen LogP contribution in [-0.4, -0.2) is 84.4 Å². The van der Waals surface area contributed by atoms with Crippen molar-refractivity contribution in [3.05, 3.63) is 33.1 Å². The van der Waals surface area contributed by atoms with Crippen LogP contribution in [0.5, 0.6) is 0 Å². The number of hydrogen-bond donors (Lipinski definition) is 6. The fourth-order valence-corrected chi connectivity index (χ4v) is 3.59. The monoisotopic (exact) mass is 374 g/mol. The summed E-state index contributed by atoms with van der Waals surface area (Å²) in [5.74, 6) is 0. The smallest absolute Gasteiger partial charge is 0.330 e. The van der Waals surface area contributed by atoms with Gasteiger partial charge in [0.2, 0.25) is 0 Å². The Kier molecular flexibility index (Phi) is 5.05. The van der Waals surface area contributed by atoms with Crippen LogP contribution in [0.1, 0.15) is 13.3 Å². The topological polar surface area (TPSA) is 174 Å². The number of aromatic amines is 1. The van der Waals surface area contributed by atoms with Gasteiger partial charge < -0.3 is 35.0 Å². The summed E-state index contributed by atoms with van der Waals surface area (Å²) in [5, 5.41) is 50.1. The van der Waals surface area contributed by atoms with Crippen LogP contribution in [-0.2, 0) is 15.2 Å². The molecule has 2 fully saturated rings. The number of rotatable bonds is 3. The molecule has 1 aromatic heterocycles. The van der Waals surface area contributed by atoms with E-state index in [4.69, 9.17) is 9.47 Å². The molecule has 0 aromatic carbocycles. The highest BCUT2D eigenvalue weighted by molar-refractivity contribution is 5.05. The molecule has 1 aromatic rings. The predicted octanol–water partition coefficient (Wildman–Crippen LogP) is -3.80. The number of aliphatic hydroxyl groups excluding tert-OH is 5. The third-order valence-electron chi connectivity index (χ3n) is 4.99. The molecule has 3 heterocycles. The van der Waals surface area contributed by atoms with E-state index in [1.165, 1.54) is 6.92 Å². The third kappa shape index (κ3) is 2.91. The summed E-state index contributed by atoms with van der Waals surface area (Å²) >= 11 is 0. The lowest BCUT2D eigenvalue weighted by molar-refractivity contribution is -0.290. The quantitative estimate of drug-likeness (QED) is 0.310. The maximum Gasteiger partial charge on any atom is 0.330 e. The van der Waals surface area contributed by atoms with Gasteiger partial charge in [-0.05, 0) is 6.92 Å². The van der Waals surface area contributed by atoms with Crippen LogP contribution < -0.4 is 11.2 Å². The Morgan fingerprint density at radius 3 is 2.50 bits per heavy atom. The zero-order valence-corrected chi connectivity index (χ0v) is 13.9. The maximum absolute atomic E-state index is 12.3. The van der Waals surface area contributed by atoms with E-state index < -0.39 is 66.3 Å². The minimum Gasteiger partial charge on any atom is -0.394 e. The molecule has 2 aliphatic heterocycles. The highest BCUT2D eigenvalue weighted by atomic mass is 16.6. The fourth-order valence-electron chi connectivity index (χ4n) is 3.59. The minimum atomic E-state index is -1.82. The molecule has 6 N–H and O–H groups in total. The van der Waals surface area contributed by atoms with E-state index in [1.807, 2.05) is 0 Å². The summed E-state index contributed by atoms with van der Waals surface area (Å²) in [6.07, 6.45) is -8.33. The molecule has 0 radical (unpaired) electrons. The van der Waals surface area contributed by atoms with Crippen molar-refractivity contribution in [3.63, 3.8) is 0 Å². The molecule has 1 unspecified atom stereocenters. The van der Waals surface area contributed by atoms with Gasteiger partial charge in [0.15, 0.2) is 5.72 Å². The Hall–Kier alpha value is -1.60. The van der Waals surface area contributed by atoms with Gasteiger partial charge in [0.1, 0.15) is 30.5 Å². The number of aromatic nitrogens is 2. The fraction of sp³-hybridized carbons (Fsp3) is 0.733. The van der Waals surface area contributed by atoms with Crippen LogP contribution in [0.15, 0.2) is 21.9 Å². The average Bonchev–Trinajstić information content (AvgIpc) is 2.93. The molecule has 11 heteroatoms. The van der Waals surface area contributed by atoms with Crippen molar-refractivity contribution in [2.45, 2.75) is 61.8 Å². The van der Waals surface area contributed by atoms with Crippen LogP contribution in [0.3, 0.4) is 0 Å². The predicted molar refractivity (Wildman–Crippen MR) is 84.2 cm³/mol. The Balaban J connectivity index is 2.13. The Morgan fingerprint density at radius 2 is 1.92 bits per heavy atom. The van der Waals surface area contributed by atoms with E-state index in [1.54, 1.807) is 0 Å². The first-order valence-electron chi connectivity index (χ1n) is 8.20. The van der Waals surface area contributed by atoms with Crippen molar-refractivity contribution < 1.29 is 35.0 Å². The minimum absolute atomic E-state index is 0.262. The zero-order chi connectivity index (χ0) is 19.2. The number of H-pyrrole nitrogens is 1. The van der Waals surface area contributed by atoms with Gasteiger partial charge in [-0.1, -0.05) is 0 Å². The largest absolute Gasteiger partial charge is 0.394 e. The Bertz CT molecular complexity index is 764. The first-order chi connectivity index (χ1) is 12.2.